The molecule has 1 aromatic rings. The molecule has 3 N–H and O–H groups in total. The van der Waals surface area contributed by atoms with Crippen LogP contribution in [0.3, 0.4) is 0 Å². The van der Waals surface area contributed by atoms with E-state index in [0.29, 0.717) is 17.8 Å². The van der Waals surface area contributed by atoms with E-state index in [1.54, 1.807) is 24.3 Å². The molecule has 1 aromatic carbocycles. The van der Waals surface area contributed by atoms with Gasteiger partial charge in [0, 0.05) is 31.3 Å². The number of nitrogens with one attached hydrogen (secondary N) is 2. The fraction of sp³-hybridized carbons (Fsp3) is 0.429. The Labute approximate surface area is 113 Å². The second-order valence-corrected chi connectivity index (χ2v) is 4.30. The molecule has 0 radical (unpaired) electrons. The number of unbranched alkanes of at least 4 members (excludes halogenated alkanes) is 2. The maximum atomic E-state index is 11.8. The van der Waals surface area contributed by atoms with E-state index in [0.717, 1.165) is 19.3 Å². The van der Waals surface area contributed by atoms with Crippen LogP contribution in [0.2, 0.25) is 0 Å². The normalized spacial score (nSPS) is 10.0. The van der Waals surface area contributed by atoms with E-state index in [-0.39, 0.29) is 18.4 Å². The van der Waals surface area contributed by atoms with E-state index < -0.39 is 0 Å². The number of amides is 2. The summed E-state index contributed by atoms with van der Waals surface area (Å²) in [7, 11) is 0. The standard InChI is InChI=1S/C14H20N2O3/c1-11(18)16-13-7-5-6-12(10-13)14(19)15-8-3-2-4-9-17/h5-7,10,17H,2-4,8-9H2,1H3,(H,15,19)(H,16,18). The molecule has 5 nitrogen and oxygen atoms in total. The Bertz CT molecular complexity index is 432. The molecule has 0 aliphatic heterocycles. The third kappa shape index (κ3) is 6.01. The number of carbonyl (C=O) groups excluding carboxylic acids is 2. The van der Waals surface area contributed by atoms with Crippen LogP contribution in [0.1, 0.15) is 36.5 Å². The van der Waals surface area contributed by atoms with E-state index in [1.165, 1.54) is 6.92 Å². The van der Waals surface area contributed by atoms with Gasteiger partial charge in [0.25, 0.3) is 5.91 Å². The molecule has 0 aromatic heterocycles. The molecule has 0 heterocycles. The van der Waals surface area contributed by atoms with Crippen molar-refractivity contribution in [2.75, 3.05) is 18.5 Å². The summed E-state index contributed by atoms with van der Waals surface area (Å²) in [6.45, 7) is 2.20. The minimum absolute atomic E-state index is 0.156. The summed E-state index contributed by atoms with van der Waals surface area (Å²) in [5, 5.41) is 14.1. The Hall–Kier alpha value is -1.88. The quantitative estimate of drug-likeness (QED) is 0.654. The van der Waals surface area contributed by atoms with Crippen LogP contribution in [0.25, 0.3) is 0 Å². The van der Waals surface area contributed by atoms with Crippen molar-refractivity contribution in [2.45, 2.75) is 26.2 Å². The van der Waals surface area contributed by atoms with E-state index in [2.05, 4.69) is 10.6 Å². The molecule has 0 aliphatic rings. The highest BCUT2D eigenvalue weighted by Gasteiger charge is 2.05. The number of hydrogen-bond donors (Lipinski definition) is 3. The van der Waals surface area contributed by atoms with Gasteiger partial charge < -0.3 is 15.7 Å². The maximum Gasteiger partial charge on any atom is 0.251 e. The largest absolute Gasteiger partial charge is 0.396 e. The monoisotopic (exact) mass is 264 g/mol. The zero-order valence-electron chi connectivity index (χ0n) is 11.1. The number of aliphatic hydroxyl groups excluding tert-OH is 1. The average molecular weight is 264 g/mol. The van der Waals surface area contributed by atoms with Gasteiger partial charge in [0.2, 0.25) is 5.91 Å². The summed E-state index contributed by atoms with van der Waals surface area (Å²) in [5.74, 6) is -0.322. The number of rotatable bonds is 7. The van der Waals surface area contributed by atoms with Gasteiger partial charge in [-0.05, 0) is 37.5 Å². The lowest BCUT2D eigenvalue weighted by Gasteiger charge is -2.07. The molecule has 5 heteroatoms. The predicted molar refractivity (Wildman–Crippen MR) is 74.0 cm³/mol. The fourth-order valence-corrected chi connectivity index (χ4v) is 1.66. The van der Waals surface area contributed by atoms with Gasteiger partial charge in [-0.2, -0.15) is 0 Å². The molecule has 0 fully saturated rings. The third-order valence-electron chi connectivity index (χ3n) is 2.57. The van der Waals surface area contributed by atoms with Crippen LogP contribution >= 0.6 is 0 Å². The van der Waals surface area contributed by atoms with Gasteiger partial charge >= 0.3 is 0 Å². The Balaban J connectivity index is 2.45. The molecule has 0 saturated heterocycles. The molecule has 104 valence electrons. The highest BCUT2D eigenvalue weighted by molar-refractivity contribution is 5.96. The smallest absolute Gasteiger partial charge is 0.251 e. The van der Waals surface area contributed by atoms with Crippen molar-refractivity contribution in [3.05, 3.63) is 29.8 Å². The van der Waals surface area contributed by atoms with Crippen molar-refractivity contribution in [2.24, 2.45) is 0 Å². The Morgan fingerprint density at radius 2 is 2.00 bits per heavy atom. The first-order chi connectivity index (χ1) is 9.13. The molecular weight excluding hydrogens is 244 g/mol. The topological polar surface area (TPSA) is 78.4 Å². The van der Waals surface area contributed by atoms with Crippen LogP contribution in [0.15, 0.2) is 24.3 Å². The average Bonchev–Trinajstić information content (AvgIpc) is 2.38. The minimum atomic E-state index is -0.165. The zero-order chi connectivity index (χ0) is 14.1. The first kappa shape index (κ1) is 15.2. The number of aliphatic hydroxyl groups is 1. The third-order valence-corrected chi connectivity index (χ3v) is 2.57. The van der Waals surface area contributed by atoms with Gasteiger partial charge in [-0.25, -0.2) is 0 Å². The molecule has 2 amide bonds. The lowest BCUT2D eigenvalue weighted by molar-refractivity contribution is -0.114. The predicted octanol–water partition coefficient (Wildman–Crippen LogP) is 1.54. The van der Waals surface area contributed by atoms with Gasteiger partial charge in [0.05, 0.1) is 0 Å². The Kier molecular flexibility index (Phi) is 6.60. The second-order valence-electron chi connectivity index (χ2n) is 4.30. The van der Waals surface area contributed by atoms with Gasteiger partial charge in [-0.1, -0.05) is 6.07 Å². The van der Waals surface area contributed by atoms with Gasteiger partial charge in [-0.3, -0.25) is 9.59 Å². The van der Waals surface area contributed by atoms with Crippen LogP contribution in [-0.4, -0.2) is 30.1 Å². The Morgan fingerprint density at radius 1 is 1.21 bits per heavy atom. The summed E-state index contributed by atoms with van der Waals surface area (Å²) in [6.07, 6.45) is 2.49. The van der Waals surface area contributed by atoms with E-state index in [9.17, 15) is 9.59 Å². The summed E-state index contributed by atoms with van der Waals surface area (Å²) < 4.78 is 0. The van der Waals surface area contributed by atoms with Crippen molar-refractivity contribution in [1.29, 1.82) is 0 Å². The van der Waals surface area contributed by atoms with Crippen LogP contribution in [0.4, 0.5) is 5.69 Å². The summed E-state index contributed by atoms with van der Waals surface area (Å²) in [4.78, 5) is 22.8. The second kappa shape index (κ2) is 8.26. The summed E-state index contributed by atoms with van der Waals surface area (Å²) in [5.41, 5.74) is 1.13. The zero-order valence-corrected chi connectivity index (χ0v) is 11.1. The van der Waals surface area contributed by atoms with Crippen LogP contribution in [0, 0.1) is 0 Å². The van der Waals surface area contributed by atoms with Crippen molar-refractivity contribution in [1.82, 2.24) is 5.32 Å². The first-order valence-corrected chi connectivity index (χ1v) is 6.40. The van der Waals surface area contributed by atoms with Crippen LogP contribution in [0.5, 0.6) is 0 Å². The highest BCUT2D eigenvalue weighted by atomic mass is 16.3. The number of anilines is 1. The van der Waals surface area contributed by atoms with Crippen molar-refractivity contribution < 1.29 is 14.7 Å². The van der Waals surface area contributed by atoms with E-state index >= 15 is 0 Å². The first-order valence-electron chi connectivity index (χ1n) is 6.40. The van der Waals surface area contributed by atoms with Crippen LogP contribution < -0.4 is 10.6 Å². The molecule has 0 atom stereocenters. The molecule has 0 spiro atoms. The molecule has 0 bridgehead atoms. The summed E-state index contributed by atoms with van der Waals surface area (Å²) >= 11 is 0. The molecule has 19 heavy (non-hydrogen) atoms. The van der Waals surface area contributed by atoms with Gasteiger partial charge in [0.1, 0.15) is 0 Å². The number of carbonyl (C=O) groups is 2. The Morgan fingerprint density at radius 3 is 2.68 bits per heavy atom. The van der Waals surface area contributed by atoms with Gasteiger partial charge in [0.15, 0.2) is 0 Å². The van der Waals surface area contributed by atoms with Crippen LogP contribution in [-0.2, 0) is 4.79 Å². The maximum absolute atomic E-state index is 11.8. The summed E-state index contributed by atoms with van der Waals surface area (Å²) in [6, 6.07) is 6.81. The lowest BCUT2D eigenvalue weighted by Crippen LogP contribution is -2.24. The van der Waals surface area contributed by atoms with Gasteiger partial charge in [-0.15, -0.1) is 0 Å². The lowest BCUT2D eigenvalue weighted by atomic mass is 10.2. The van der Waals surface area contributed by atoms with Crippen molar-refractivity contribution in [3.63, 3.8) is 0 Å². The SMILES string of the molecule is CC(=O)Nc1cccc(C(=O)NCCCCCO)c1. The highest BCUT2D eigenvalue weighted by Crippen LogP contribution is 2.10. The molecule has 0 saturated carbocycles. The molecule has 0 aliphatic carbocycles. The molecule has 1 rings (SSSR count). The van der Waals surface area contributed by atoms with E-state index in [1.807, 2.05) is 0 Å². The molecular formula is C14H20N2O3. The van der Waals surface area contributed by atoms with Crippen molar-refractivity contribution >= 4 is 17.5 Å². The number of hydrogen-bond acceptors (Lipinski definition) is 3. The fourth-order valence-electron chi connectivity index (χ4n) is 1.66. The van der Waals surface area contributed by atoms with Crippen molar-refractivity contribution in [3.8, 4) is 0 Å². The van der Waals surface area contributed by atoms with E-state index in [4.69, 9.17) is 5.11 Å². The molecule has 0 unspecified atom stereocenters. The number of benzene rings is 1. The minimum Gasteiger partial charge on any atom is -0.396 e.